The molecule has 7 aliphatic rings. The summed E-state index contributed by atoms with van der Waals surface area (Å²) in [5.74, 6) is -1.62. The van der Waals surface area contributed by atoms with Crippen LogP contribution in [0.15, 0.2) is 30.3 Å². The summed E-state index contributed by atoms with van der Waals surface area (Å²) in [4.78, 5) is 29.6. The van der Waals surface area contributed by atoms with Crippen LogP contribution in [-0.4, -0.2) is 72.1 Å². The van der Waals surface area contributed by atoms with E-state index in [0.29, 0.717) is 18.4 Å². The molecule has 8 rings (SSSR count). The molecule has 1 aromatic carbocycles. The van der Waals surface area contributed by atoms with Crippen molar-refractivity contribution in [1.29, 1.82) is 0 Å². The number of carbonyl (C=O) groups is 2. The van der Waals surface area contributed by atoms with Crippen molar-refractivity contribution in [2.24, 2.45) is 34.5 Å². The Hall–Kier alpha value is -1.96. The van der Waals surface area contributed by atoms with Gasteiger partial charge in [0.25, 0.3) is 0 Å². The molecule has 4 saturated carbocycles. The number of aliphatic hydroxyl groups is 1. The Morgan fingerprint density at radius 2 is 2.00 bits per heavy atom. The lowest BCUT2D eigenvalue weighted by molar-refractivity contribution is -0.269. The standard InChI is InChI=1S/C29H37NO6/c1-4-30-15-27(2)12-11-19(34-3)29-18-14-17-10-13-28(33,20(18)26(32)35-17)21(24(29)30)22(23(27)29)36-25(31)16-8-6-5-7-9-16/h5-9,17-24,33H,4,10-15H2,1-3H3/t17-,18+,19+,20+,21-,22+,23+,24+,27-,28+,29-/m0/s1. The molecular weight excluding hydrogens is 458 g/mol. The Morgan fingerprint density at radius 3 is 2.72 bits per heavy atom. The van der Waals surface area contributed by atoms with E-state index in [1.54, 1.807) is 19.2 Å². The molecule has 3 heterocycles. The number of methoxy groups -OCH3 is 1. The van der Waals surface area contributed by atoms with E-state index in [1.165, 1.54) is 0 Å². The molecule has 11 atom stereocenters. The molecule has 0 unspecified atom stereocenters. The first-order chi connectivity index (χ1) is 17.3. The molecule has 3 saturated heterocycles. The van der Waals surface area contributed by atoms with Crippen molar-refractivity contribution in [3.63, 3.8) is 0 Å². The van der Waals surface area contributed by atoms with Crippen LogP contribution in [0.25, 0.3) is 0 Å². The number of benzene rings is 1. The number of nitrogens with zero attached hydrogens (tertiary/aromatic N) is 1. The fourth-order valence-corrected chi connectivity index (χ4v) is 10.5. The van der Waals surface area contributed by atoms with Crippen molar-refractivity contribution in [2.45, 2.75) is 75.9 Å². The number of piperidine rings is 1. The van der Waals surface area contributed by atoms with E-state index in [-0.39, 0.29) is 58.8 Å². The van der Waals surface area contributed by atoms with Crippen LogP contribution in [0, 0.1) is 34.5 Å². The zero-order valence-corrected chi connectivity index (χ0v) is 21.4. The summed E-state index contributed by atoms with van der Waals surface area (Å²) in [6, 6.07) is 9.13. The predicted octanol–water partition coefficient (Wildman–Crippen LogP) is 3.05. The predicted molar refractivity (Wildman–Crippen MR) is 130 cm³/mol. The second-order valence-electron chi connectivity index (χ2n) is 12.6. The van der Waals surface area contributed by atoms with Gasteiger partial charge in [0.15, 0.2) is 0 Å². The number of ether oxygens (including phenoxy) is 3. The van der Waals surface area contributed by atoms with Crippen LogP contribution in [0.3, 0.4) is 0 Å². The van der Waals surface area contributed by atoms with E-state index in [9.17, 15) is 14.7 Å². The number of hydrogen-bond acceptors (Lipinski definition) is 7. The zero-order valence-electron chi connectivity index (χ0n) is 21.4. The Balaban J connectivity index is 1.46. The number of likely N-dealkylation sites (tertiary alicyclic amines) is 1. The van der Waals surface area contributed by atoms with Crippen LogP contribution in [0.2, 0.25) is 0 Å². The van der Waals surface area contributed by atoms with Crippen LogP contribution in [0.1, 0.15) is 56.3 Å². The van der Waals surface area contributed by atoms with Gasteiger partial charge in [0.05, 0.1) is 23.2 Å². The number of hydrogen-bond donors (Lipinski definition) is 1. The summed E-state index contributed by atoms with van der Waals surface area (Å²) < 4.78 is 18.7. The molecule has 0 aromatic heterocycles. The van der Waals surface area contributed by atoms with Gasteiger partial charge in [-0.2, -0.15) is 0 Å². The molecule has 4 aliphatic carbocycles. The zero-order chi connectivity index (χ0) is 25.0. The first-order valence-corrected chi connectivity index (χ1v) is 13.8. The molecule has 0 amide bonds. The van der Waals surface area contributed by atoms with Crippen molar-refractivity contribution in [2.75, 3.05) is 20.2 Å². The minimum atomic E-state index is -1.27. The van der Waals surface area contributed by atoms with Gasteiger partial charge >= 0.3 is 11.9 Å². The average Bonchev–Trinajstić information content (AvgIpc) is 2.92. The van der Waals surface area contributed by atoms with Crippen molar-refractivity contribution in [3.05, 3.63) is 35.9 Å². The smallest absolute Gasteiger partial charge is 0.338 e. The van der Waals surface area contributed by atoms with E-state index >= 15 is 0 Å². The quantitative estimate of drug-likeness (QED) is 0.643. The van der Waals surface area contributed by atoms with Gasteiger partial charge in [0.2, 0.25) is 0 Å². The first-order valence-electron chi connectivity index (χ1n) is 13.8. The van der Waals surface area contributed by atoms with E-state index < -0.39 is 17.6 Å². The number of esters is 2. The molecule has 3 aliphatic heterocycles. The monoisotopic (exact) mass is 495 g/mol. The molecule has 36 heavy (non-hydrogen) atoms. The largest absolute Gasteiger partial charge is 0.462 e. The Kier molecular flexibility index (Phi) is 4.86. The van der Waals surface area contributed by atoms with Gasteiger partial charge in [-0.1, -0.05) is 32.0 Å². The Bertz CT molecular complexity index is 1090. The van der Waals surface area contributed by atoms with Gasteiger partial charge < -0.3 is 19.3 Å². The van der Waals surface area contributed by atoms with Gasteiger partial charge in [-0.3, -0.25) is 9.69 Å². The lowest BCUT2D eigenvalue weighted by Crippen LogP contribution is -2.76. The average molecular weight is 496 g/mol. The van der Waals surface area contributed by atoms with Gasteiger partial charge in [0, 0.05) is 36.9 Å². The molecule has 194 valence electrons. The van der Waals surface area contributed by atoms with Gasteiger partial charge in [-0.05, 0) is 62.1 Å². The molecule has 7 fully saturated rings. The third-order valence-corrected chi connectivity index (χ3v) is 11.3. The highest BCUT2D eigenvalue weighted by molar-refractivity contribution is 5.89. The SMILES string of the molecule is CCN1C[C@]2(C)CC[C@@H](OC)[C@@]34[C@@H]5C[C@@H]6CC[C@](O)([C@@H]([C@@H](OC(=O)c7ccccc7)[C@H]23)[C@@H]14)[C@H]5C(=O)O6. The second kappa shape index (κ2) is 7.55. The molecule has 1 spiro atoms. The van der Waals surface area contributed by atoms with Gasteiger partial charge in [-0.25, -0.2) is 4.79 Å². The summed E-state index contributed by atoms with van der Waals surface area (Å²) in [7, 11) is 1.79. The summed E-state index contributed by atoms with van der Waals surface area (Å²) in [6.45, 7) is 6.29. The highest BCUT2D eigenvalue weighted by Crippen LogP contribution is 2.77. The normalized spacial score (nSPS) is 50.4. The van der Waals surface area contributed by atoms with E-state index in [1.807, 2.05) is 18.2 Å². The number of rotatable bonds is 4. The lowest BCUT2D eigenvalue weighted by Gasteiger charge is -2.69. The first kappa shape index (κ1) is 23.2. The highest BCUT2D eigenvalue weighted by atomic mass is 16.6. The van der Waals surface area contributed by atoms with Crippen molar-refractivity contribution >= 4 is 11.9 Å². The second-order valence-corrected chi connectivity index (χ2v) is 12.6. The van der Waals surface area contributed by atoms with E-state index in [2.05, 4.69) is 18.7 Å². The summed E-state index contributed by atoms with van der Waals surface area (Å²) in [5, 5.41) is 12.6. The van der Waals surface area contributed by atoms with Gasteiger partial charge in [-0.15, -0.1) is 0 Å². The minimum absolute atomic E-state index is 0.00435. The third kappa shape index (κ3) is 2.60. The fraction of sp³-hybridized carbons (Fsp3) is 0.724. The maximum atomic E-state index is 13.5. The van der Waals surface area contributed by atoms with E-state index in [0.717, 1.165) is 32.4 Å². The highest BCUT2D eigenvalue weighted by Gasteiger charge is 2.85. The third-order valence-electron chi connectivity index (χ3n) is 11.3. The molecule has 0 radical (unpaired) electrons. The molecule has 1 aromatic rings. The summed E-state index contributed by atoms with van der Waals surface area (Å²) >= 11 is 0. The van der Waals surface area contributed by atoms with Crippen LogP contribution in [-0.2, 0) is 19.0 Å². The van der Waals surface area contributed by atoms with Crippen molar-refractivity contribution < 1.29 is 28.9 Å². The maximum absolute atomic E-state index is 13.5. The summed E-state index contributed by atoms with van der Waals surface area (Å²) in [5.41, 5.74) is -1.23. The fourth-order valence-electron chi connectivity index (χ4n) is 10.5. The maximum Gasteiger partial charge on any atom is 0.338 e. The van der Waals surface area contributed by atoms with Crippen LogP contribution >= 0.6 is 0 Å². The minimum Gasteiger partial charge on any atom is -0.462 e. The molecule has 9 bridgehead atoms. The van der Waals surface area contributed by atoms with Crippen LogP contribution in [0.5, 0.6) is 0 Å². The molecule has 7 heteroatoms. The number of carbonyl (C=O) groups excluding carboxylic acids is 2. The van der Waals surface area contributed by atoms with Crippen LogP contribution in [0.4, 0.5) is 0 Å². The lowest BCUT2D eigenvalue weighted by atomic mass is 9.42. The molecule has 1 N–H and O–H groups in total. The van der Waals surface area contributed by atoms with E-state index in [4.69, 9.17) is 14.2 Å². The molecular formula is C29H37NO6. The topological polar surface area (TPSA) is 85.3 Å². The molecule has 7 nitrogen and oxygen atoms in total. The Labute approximate surface area is 212 Å². The van der Waals surface area contributed by atoms with Crippen molar-refractivity contribution in [3.8, 4) is 0 Å². The number of fused-ring (bicyclic) bond motifs is 2. The van der Waals surface area contributed by atoms with Gasteiger partial charge in [0.1, 0.15) is 12.2 Å². The van der Waals surface area contributed by atoms with Crippen molar-refractivity contribution in [1.82, 2.24) is 4.90 Å². The van der Waals surface area contributed by atoms with Crippen LogP contribution < -0.4 is 0 Å². The summed E-state index contributed by atoms with van der Waals surface area (Å²) in [6.07, 6.45) is 3.10. The Morgan fingerprint density at radius 1 is 1.22 bits per heavy atom.